The second-order valence-electron chi connectivity index (χ2n) is 4.88. The Morgan fingerprint density at radius 3 is 2.86 bits per heavy atom. The van der Waals surface area contributed by atoms with Gasteiger partial charge in [-0.2, -0.15) is 0 Å². The molecule has 1 amide bonds. The third-order valence-electron chi connectivity index (χ3n) is 3.29. The number of aromatic nitrogens is 1. The maximum absolute atomic E-state index is 11.8. The third-order valence-corrected chi connectivity index (χ3v) is 3.53. The van der Waals surface area contributed by atoms with Crippen LogP contribution in [-0.4, -0.2) is 30.1 Å². The van der Waals surface area contributed by atoms with E-state index in [0.717, 1.165) is 0 Å². The Bertz CT molecular complexity index is 696. The average Bonchev–Trinajstić information content (AvgIpc) is 2.76. The van der Waals surface area contributed by atoms with E-state index >= 15 is 0 Å². The van der Waals surface area contributed by atoms with Crippen LogP contribution >= 0.6 is 24.0 Å². The van der Waals surface area contributed by atoms with Crippen molar-refractivity contribution in [2.75, 3.05) is 13.6 Å². The lowest BCUT2D eigenvalue weighted by molar-refractivity contribution is -0.121. The lowest BCUT2D eigenvalue weighted by atomic mass is 10.3. The minimum Gasteiger partial charge on any atom is -0.408 e. The number of hydrogen-bond acceptors (Lipinski definition) is 4. The normalized spacial score (nSPS) is 12.0. The molecule has 0 saturated carbocycles. The molecule has 22 heavy (non-hydrogen) atoms. The Balaban J connectivity index is 0.00000242. The standard InChI is InChI=1S/C14H18ClN3O3.ClH/c1-9(16-2)8-17-13(19)5-6-18-11-4-3-10(15)7-12(11)21-14(18)20;/h3-4,7,9,16H,5-6,8H2,1-2H3,(H,17,19);1H. The lowest BCUT2D eigenvalue weighted by Gasteiger charge is -2.11. The average molecular weight is 348 g/mol. The first-order valence-electron chi connectivity index (χ1n) is 6.74. The van der Waals surface area contributed by atoms with Crippen LogP contribution in [0.1, 0.15) is 13.3 Å². The van der Waals surface area contributed by atoms with Crippen LogP contribution in [-0.2, 0) is 11.3 Å². The Kier molecular flexibility index (Phi) is 6.93. The van der Waals surface area contributed by atoms with E-state index in [0.29, 0.717) is 22.7 Å². The molecule has 1 heterocycles. The first-order valence-corrected chi connectivity index (χ1v) is 7.12. The molecule has 1 unspecified atom stereocenters. The summed E-state index contributed by atoms with van der Waals surface area (Å²) in [6.45, 7) is 2.79. The Labute approximate surface area is 139 Å². The highest BCUT2D eigenvalue weighted by Crippen LogP contribution is 2.18. The third kappa shape index (κ3) is 4.50. The maximum atomic E-state index is 11.8. The number of rotatable bonds is 6. The van der Waals surface area contributed by atoms with E-state index in [1.54, 1.807) is 18.2 Å². The van der Waals surface area contributed by atoms with E-state index in [9.17, 15) is 9.59 Å². The number of amides is 1. The largest absolute Gasteiger partial charge is 0.419 e. The predicted octanol–water partition coefficient (Wildman–Crippen LogP) is 1.78. The van der Waals surface area contributed by atoms with E-state index in [1.807, 2.05) is 14.0 Å². The molecule has 0 saturated heterocycles. The molecule has 1 aromatic carbocycles. The van der Waals surface area contributed by atoms with Gasteiger partial charge in [-0.05, 0) is 26.1 Å². The van der Waals surface area contributed by atoms with Gasteiger partial charge in [0.05, 0.1) is 5.52 Å². The van der Waals surface area contributed by atoms with Gasteiger partial charge in [-0.15, -0.1) is 12.4 Å². The van der Waals surface area contributed by atoms with Crippen molar-refractivity contribution in [3.05, 3.63) is 33.8 Å². The fraction of sp³-hybridized carbons (Fsp3) is 0.429. The molecule has 1 aromatic heterocycles. The molecular weight excluding hydrogens is 329 g/mol. The number of hydrogen-bond donors (Lipinski definition) is 2. The topological polar surface area (TPSA) is 76.3 Å². The highest BCUT2D eigenvalue weighted by atomic mass is 35.5. The number of oxazole rings is 1. The van der Waals surface area contributed by atoms with Gasteiger partial charge in [-0.1, -0.05) is 11.6 Å². The summed E-state index contributed by atoms with van der Waals surface area (Å²) < 4.78 is 6.55. The van der Waals surface area contributed by atoms with Crippen LogP contribution < -0.4 is 16.4 Å². The second kappa shape index (κ2) is 8.22. The van der Waals surface area contributed by atoms with Gasteiger partial charge in [0.15, 0.2) is 5.58 Å². The summed E-state index contributed by atoms with van der Waals surface area (Å²) in [5.41, 5.74) is 1.07. The van der Waals surface area contributed by atoms with Crippen molar-refractivity contribution >= 4 is 41.0 Å². The van der Waals surface area contributed by atoms with Crippen molar-refractivity contribution in [1.29, 1.82) is 0 Å². The van der Waals surface area contributed by atoms with Crippen LogP contribution in [0.25, 0.3) is 11.1 Å². The van der Waals surface area contributed by atoms with E-state index in [1.165, 1.54) is 4.57 Å². The van der Waals surface area contributed by atoms with Gasteiger partial charge in [-0.3, -0.25) is 9.36 Å². The molecule has 0 spiro atoms. The minimum atomic E-state index is -0.483. The SMILES string of the molecule is CNC(C)CNC(=O)CCn1c(=O)oc2cc(Cl)ccc21.Cl. The molecule has 0 radical (unpaired) electrons. The van der Waals surface area contributed by atoms with Crippen LogP contribution in [0.3, 0.4) is 0 Å². The molecular formula is C14H19Cl2N3O3. The number of carbonyl (C=O) groups is 1. The van der Waals surface area contributed by atoms with Gasteiger partial charge in [0.2, 0.25) is 5.91 Å². The van der Waals surface area contributed by atoms with Gasteiger partial charge >= 0.3 is 5.76 Å². The zero-order valence-corrected chi connectivity index (χ0v) is 14.0. The highest BCUT2D eigenvalue weighted by molar-refractivity contribution is 6.31. The molecule has 2 aromatic rings. The first kappa shape index (κ1) is 18.5. The van der Waals surface area contributed by atoms with E-state index in [-0.39, 0.29) is 37.3 Å². The van der Waals surface area contributed by atoms with Crippen molar-refractivity contribution in [2.45, 2.75) is 25.9 Å². The molecule has 0 fully saturated rings. The van der Waals surface area contributed by atoms with Gasteiger partial charge in [-0.25, -0.2) is 4.79 Å². The van der Waals surface area contributed by atoms with Crippen molar-refractivity contribution in [2.24, 2.45) is 0 Å². The summed E-state index contributed by atoms with van der Waals surface area (Å²) in [4.78, 5) is 23.5. The molecule has 1 atom stereocenters. The molecule has 8 heteroatoms. The highest BCUT2D eigenvalue weighted by Gasteiger charge is 2.11. The van der Waals surface area contributed by atoms with Crippen molar-refractivity contribution in [1.82, 2.24) is 15.2 Å². The van der Waals surface area contributed by atoms with Gasteiger partial charge in [0, 0.05) is 36.6 Å². The Hall–Kier alpha value is -1.50. The summed E-state index contributed by atoms with van der Waals surface area (Å²) in [6, 6.07) is 5.19. The van der Waals surface area contributed by atoms with Crippen LogP contribution in [0.4, 0.5) is 0 Å². The first-order chi connectivity index (χ1) is 10.0. The second-order valence-corrected chi connectivity index (χ2v) is 5.31. The van der Waals surface area contributed by atoms with Crippen molar-refractivity contribution in [3.63, 3.8) is 0 Å². The van der Waals surface area contributed by atoms with Crippen molar-refractivity contribution < 1.29 is 9.21 Å². The number of carbonyl (C=O) groups excluding carboxylic acids is 1. The van der Waals surface area contributed by atoms with Gasteiger partial charge in [0.1, 0.15) is 0 Å². The number of fused-ring (bicyclic) bond motifs is 1. The minimum absolute atomic E-state index is 0. The van der Waals surface area contributed by atoms with Gasteiger partial charge in [0.25, 0.3) is 0 Å². The van der Waals surface area contributed by atoms with Crippen LogP contribution in [0.15, 0.2) is 27.4 Å². The van der Waals surface area contributed by atoms with E-state index in [4.69, 9.17) is 16.0 Å². The number of halogens is 2. The molecule has 122 valence electrons. The van der Waals surface area contributed by atoms with Crippen LogP contribution in [0, 0.1) is 0 Å². The molecule has 2 rings (SSSR count). The number of aryl methyl sites for hydroxylation is 1. The van der Waals surface area contributed by atoms with E-state index in [2.05, 4.69) is 10.6 Å². The summed E-state index contributed by atoms with van der Waals surface area (Å²) in [5, 5.41) is 6.34. The number of benzene rings is 1. The summed E-state index contributed by atoms with van der Waals surface area (Å²) in [5.74, 6) is -0.587. The smallest absolute Gasteiger partial charge is 0.408 e. The lowest BCUT2D eigenvalue weighted by Crippen LogP contribution is -2.37. The van der Waals surface area contributed by atoms with Crippen molar-refractivity contribution in [3.8, 4) is 0 Å². The Morgan fingerprint density at radius 1 is 1.45 bits per heavy atom. The zero-order chi connectivity index (χ0) is 15.4. The van der Waals surface area contributed by atoms with Crippen LogP contribution in [0.5, 0.6) is 0 Å². The Morgan fingerprint density at radius 2 is 2.18 bits per heavy atom. The summed E-state index contributed by atoms with van der Waals surface area (Å²) in [7, 11) is 1.83. The monoisotopic (exact) mass is 347 g/mol. The summed E-state index contributed by atoms with van der Waals surface area (Å²) in [6.07, 6.45) is 0.216. The maximum Gasteiger partial charge on any atom is 0.419 e. The molecule has 0 bridgehead atoms. The quantitative estimate of drug-likeness (QED) is 0.835. The zero-order valence-electron chi connectivity index (χ0n) is 12.4. The molecule has 0 aliphatic heterocycles. The summed E-state index contributed by atoms with van der Waals surface area (Å²) >= 11 is 5.85. The van der Waals surface area contributed by atoms with Crippen LogP contribution in [0.2, 0.25) is 5.02 Å². The molecule has 0 aliphatic rings. The fourth-order valence-corrected chi connectivity index (χ4v) is 2.08. The molecule has 0 aliphatic carbocycles. The van der Waals surface area contributed by atoms with Gasteiger partial charge < -0.3 is 15.1 Å². The fourth-order valence-electron chi connectivity index (χ4n) is 1.92. The number of likely N-dealkylation sites (N-methyl/N-ethyl adjacent to an activating group) is 1. The van der Waals surface area contributed by atoms with E-state index < -0.39 is 5.76 Å². The molecule has 6 nitrogen and oxygen atoms in total. The predicted molar refractivity (Wildman–Crippen MR) is 88.9 cm³/mol. The number of nitrogens with zero attached hydrogens (tertiary/aromatic N) is 1. The molecule has 2 N–H and O–H groups in total. The number of nitrogens with one attached hydrogen (secondary N) is 2.